The molecule has 0 aliphatic carbocycles. The monoisotopic (exact) mass is 334 g/mol. The van der Waals surface area contributed by atoms with Crippen molar-refractivity contribution in [3.63, 3.8) is 0 Å². The summed E-state index contributed by atoms with van der Waals surface area (Å²) in [6, 6.07) is 4.05. The Labute approximate surface area is 108 Å². The van der Waals surface area contributed by atoms with Gasteiger partial charge in [-0.05, 0) is 47.6 Å². The summed E-state index contributed by atoms with van der Waals surface area (Å²) in [5.41, 5.74) is 2.07. The third kappa shape index (κ3) is 2.28. The van der Waals surface area contributed by atoms with Crippen molar-refractivity contribution >= 4 is 39.8 Å². The minimum Gasteiger partial charge on any atom is -0.301 e. The number of fused-ring (bicyclic) bond motifs is 1. The van der Waals surface area contributed by atoms with Gasteiger partial charge in [0.05, 0.1) is 5.69 Å². The molecule has 0 saturated carbocycles. The summed E-state index contributed by atoms with van der Waals surface area (Å²) in [5, 5.41) is 0.644. The number of rotatable bonds is 3. The molecule has 0 amide bonds. The molecule has 0 fully saturated rings. The second kappa shape index (κ2) is 4.70. The molecule has 15 heavy (non-hydrogen) atoms. The Morgan fingerprint density at radius 3 is 3.00 bits per heavy atom. The lowest BCUT2D eigenvalue weighted by atomic mass is 10.2. The Bertz CT molecular complexity index is 479. The summed E-state index contributed by atoms with van der Waals surface area (Å²) < 4.78 is 3.30. The number of hydrogen-bond acceptors (Lipinski definition) is 1. The molecule has 2 nitrogen and oxygen atoms in total. The fourth-order valence-corrected chi connectivity index (χ4v) is 2.34. The standard InChI is InChI=1S/C11H12ClIN2/c1-2-3-4-9-11(12)14-10-6-5-8(13)7-15(9)10/h5-7H,2-4H2,1H3. The number of aryl methyl sites for hydroxylation is 1. The van der Waals surface area contributed by atoms with E-state index in [4.69, 9.17) is 11.6 Å². The molecule has 0 N–H and O–H groups in total. The zero-order valence-corrected chi connectivity index (χ0v) is 11.4. The third-order valence-electron chi connectivity index (χ3n) is 2.40. The van der Waals surface area contributed by atoms with Crippen LogP contribution in [0.15, 0.2) is 18.3 Å². The molecular weight excluding hydrogens is 322 g/mol. The quantitative estimate of drug-likeness (QED) is 0.777. The fourth-order valence-electron chi connectivity index (χ4n) is 1.61. The lowest BCUT2D eigenvalue weighted by molar-refractivity contribution is 0.770. The van der Waals surface area contributed by atoms with E-state index in [1.165, 1.54) is 9.99 Å². The Balaban J connectivity index is 2.50. The van der Waals surface area contributed by atoms with Crippen molar-refractivity contribution in [3.05, 3.63) is 32.7 Å². The van der Waals surface area contributed by atoms with E-state index in [1.54, 1.807) is 0 Å². The molecule has 2 aromatic rings. The summed E-state index contributed by atoms with van der Waals surface area (Å²) in [4.78, 5) is 4.33. The highest BCUT2D eigenvalue weighted by Crippen LogP contribution is 2.20. The summed E-state index contributed by atoms with van der Waals surface area (Å²) in [5.74, 6) is 0. The summed E-state index contributed by atoms with van der Waals surface area (Å²) >= 11 is 8.42. The molecular formula is C11H12ClIN2. The van der Waals surface area contributed by atoms with Crippen LogP contribution in [0.3, 0.4) is 0 Å². The van der Waals surface area contributed by atoms with Crippen molar-refractivity contribution in [2.24, 2.45) is 0 Å². The molecule has 80 valence electrons. The van der Waals surface area contributed by atoms with Crippen molar-refractivity contribution in [1.82, 2.24) is 9.38 Å². The van der Waals surface area contributed by atoms with Crippen LogP contribution in [0.4, 0.5) is 0 Å². The lowest BCUT2D eigenvalue weighted by Crippen LogP contribution is -1.94. The Hall–Kier alpha value is -0.290. The molecule has 4 heteroatoms. The molecule has 0 aliphatic rings. The number of aromatic nitrogens is 2. The highest BCUT2D eigenvalue weighted by molar-refractivity contribution is 14.1. The van der Waals surface area contributed by atoms with E-state index in [0.29, 0.717) is 5.15 Å². The molecule has 0 spiro atoms. The first-order valence-corrected chi connectivity index (χ1v) is 6.50. The molecule has 0 bridgehead atoms. The molecule has 2 aromatic heterocycles. The molecule has 2 rings (SSSR count). The zero-order chi connectivity index (χ0) is 10.8. The van der Waals surface area contributed by atoms with Gasteiger partial charge in [0, 0.05) is 9.77 Å². The van der Waals surface area contributed by atoms with Crippen LogP contribution in [0.2, 0.25) is 5.15 Å². The van der Waals surface area contributed by atoms with Crippen LogP contribution in [0, 0.1) is 3.57 Å². The first-order valence-electron chi connectivity index (χ1n) is 5.04. The second-order valence-electron chi connectivity index (χ2n) is 3.53. The van der Waals surface area contributed by atoms with E-state index in [9.17, 15) is 0 Å². The fraction of sp³-hybridized carbons (Fsp3) is 0.364. The average Bonchev–Trinajstić information content (AvgIpc) is 2.51. The van der Waals surface area contributed by atoms with Gasteiger partial charge in [0.2, 0.25) is 0 Å². The van der Waals surface area contributed by atoms with Crippen molar-refractivity contribution in [2.45, 2.75) is 26.2 Å². The van der Waals surface area contributed by atoms with Crippen LogP contribution in [0.1, 0.15) is 25.5 Å². The van der Waals surface area contributed by atoms with Crippen LogP contribution < -0.4 is 0 Å². The van der Waals surface area contributed by atoms with Crippen LogP contribution in [-0.4, -0.2) is 9.38 Å². The van der Waals surface area contributed by atoms with Gasteiger partial charge in [-0.1, -0.05) is 24.9 Å². The van der Waals surface area contributed by atoms with Gasteiger partial charge in [0.25, 0.3) is 0 Å². The van der Waals surface area contributed by atoms with Crippen molar-refractivity contribution in [2.75, 3.05) is 0 Å². The van der Waals surface area contributed by atoms with Gasteiger partial charge in [0.1, 0.15) is 5.65 Å². The molecule has 0 saturated heterocycles. The Kier molecular flexibility index (Phi) is 3.51. The van der Waals surface area contributed by atoms with Gasteiger partial charge >= 0.3 is 0 Å². The molecule has 2 heterocycles. The first kappa shape index (κ1) is 11.2. The molecule has 0 unspecified atom stereocenters. The van der Waals surface area contributed by atoms with E-state index in [0.717, 1.165) is 24.2 Å². The van der Waals surface area contributed by atoms with Gasteiger partial charge in [0.15, 0.2) is 5.15 Å². The van der Waals surface area contributed by atoms with E-state index in [1.807, 2.05) is 12.1 Å². The van der Waals surface area contributed by atoms with Crippen LogP contribution in [0.25, 0.3) is 5.65 Å². The smallest absolute Gasteiger partial charge is 0.151 e. The van der Waals surface area contributed by atoms with E-state index >= 15 is 0 Å². The minimum absolute atomic E-state index is 0.644. The van der Waals surface area contributed by atoms with Crippen LogP contribution >= 0.6 is 34.2 Å². The molecule has 0 aliphatic heterocycles. The largest absolute Gasteiger partial charge is 0.301 e. The summed E-state index contributed by atoms with van der Waals surface area (Å²) in [7, 11) is 0. The van der Waals surface area contributed by atoms with Gasteiger partial charge in [-0.25, -0.2) is 4.98 Å². The first-order chi connectivity index (χ1) is 7.22. The van der Waals surface area contributed by atoms with Gasteiger partial charge in [-0.2, -0.15) is 0 Å². The maximum absolute atomic E-state index is 6.12. The van der Waals surface area contributed by atoms with Gasteiger partial charge < -0.3 is 4.40 Å². The van der Waals surface area contributed by atoms with Crippen LogP contribution in [-0.2, 0) is 6.42 Å². The number of pyridine rings is 1. The Morgan fingerprint density at radius 1 is 1.47 bits per heavy atom. The number of nitrogens with zero attached hydrogens (tertiary/aromatic N) is 2. The van der Waals surface area contributed by atoms with E-state index < -0.39 is 0 Å². The third-order valence-corrected chi connectivity index (χ3v) is 3.34. The average molecular weight is 335 g/mol. The van der Waals surface area contributed by atoms with Crippen LogP contribution in [0.5, 0.6) is 0 Å². The predicted octanol–water partition coefficient (Wildman–Crippen LogP) is 3.93. The molecule has 0 aromatic carbocycles. The Morgan fingerprint density at radius 2 is 2.27 bits per heavy atom. The SMILES string of the molecule is CCCCc1c(Cl)nc2ccc(I)cn12. The topological polar surface area (TPSA) is 17.3 Å². The number of halogens is 2. The van der Waals surface area contributed by atoms with Crippen molar-refractivity contribution < 1.29 is 0 Å². The maximum Gasteiger partial charge on any atom is 0.151 e. The highest BCUT2D eigenvalue weighted by Gasteiger charge is 2.09. The van der Waals surface area contributed by atoms with Gasteiger partial charge in [-0.3, -0.25) is 0 Å². The highest BCUT2D eigenvalue weighted by atomic mass is 127. The normalized spacial score (nSPS) is 11.1. The second-order valence-corrected chi connectivity index (χ2v) is 5.13. The zero-order valence-electron chi connectivity index (χ0n) is 8.50. The maximum atomic E-state index is 6.12. The van der Waals surface area contributed by atoms with E-state index in [-0.39, 0.29) is 0 Å². The number of imidazole rings is 1. The van der Waals surface area contributed by atoms with E-state index in [2.05, 4.69) is 45.1 Å². The molecule has 0 atom stereocenters. The summed E-state index contributed by atoms with van der Waals surface area (Å²) in [6.07, 6.45) is 5.41. The summed E-state index contributed by atoms with van der Waals surface area (Å²) in [6.45, 7) is 2.18. The number of unbranched alkanes of at least 4 members (excludes halogenated alkanes) is 1. The molecule has 0 radical (unpaired) electrons. The number of hydrogen-bond donors (Lipinski definition) is 0. The van der Waals surface area contributed by atoms with Crippen molar-refractivity contribution in [1.29, 1.82) is 0 Å². The van der Waals surface area contributed by atoms with Gasteiger partial charge in [-0.15, -0.1) is 0 Å². The lowest BCUT2D eigenvalue weighted by Gasteiger charge is -2.01. The minimum atomic E-state index is 0.644. The predicted molar refractivity (Wildman–Crippen MR) is 71.5 cm³/mol. The van der Waals surface area contributed by atoms with Crippen molar-refractivity contribution in [3.8, 4) is 0 Å².